The minimum Gasteiger partial charge on any atom is -0.497 e. The molecule has 0 unspecified atom stereocenters. The van der Waals surface area contributed by atoms with Crippen LogP contribution in [0.3, 0.4) is 0 Å². The molecule has 0 saturated heterocycles. The highest BCUT2D eigenvalue weighted by Gasteiger charge is 2.11. The van der Waals surface area contributed by atoms with E-state index in [0.29, 0.717) is 12.3 Å². The third kappa shape index (κ3) is 5.00. The van der Waals surface area contributed by atoms with Crippen molar-refractivity contribution in [2.24, 2.45) is 0 Å². The molecule has 7 heteroatoms. The molecule has 1 aromatic carbocycles. The summed E-state index contributed by atoms with van der Waals surface area (Å²) >= 11 is 6.85. The van der Waals surface area contributed by atoms with Crippen molar-refractivity contribution in [2.75, 3.05) is 19.4 Å². The lowest BCUT2D eigenvalue weighted by Crippen LogP contribution is -2.26. The van der Waals surface area contributed by atoms with Crippen LogP contribution in [-0.2, 0) is 5.75 Å². The fourth-order valence-electron chi connectivity index (χ4n) is 1.74. The fraction of sp³-hybridized carbons (Fsp3) is 0.267. The van der Waals surface area contributed by atoms with Crippen molar-refractivity contribution in [3.63, 3.8) is 0 Å². The lowest BCUT2D eigenvalue weighted by Gasteiger charge is -2.07. The van der Waals surface area contributed by atoms with Gasteiger partial charge >= 0.3 is 0 Å². The molecule has 3 nitrogen and oxygen atoms in total. The average Bonchev–Trinajstić information content (AvgIpc) is 2.92. The van der Waals surface area contributed by atoms with Gasteiger partial charge in [0.05, 0.1) is 16.5 Å². The van der Waals surface area contributed by atoms with Gasteiger partial charge in [-0.25, -0.2) is 4.39 Å². The Balaban J connectivity index is 1.73. The topological polar surface area (TPSA) is 38.3 Å². The molecule has 0 aliphatic rings. The van der Waals surface area contributed by atoms with E-state index >= 15 is 0 Å². The quantitative estimate of drug-likeness (QED) is 0.699. The number of thioether (sulfide) groups is 1. The van der Waals surface area contributed by atoms with Gasteiger partial charge in [0, 0.05) is 29.0 Å². The largest absolute Gasteiger partial charge is 0.497 e. The molecular formula is C15H15BrFNO2S2. The summed E-state index contributed by atoms with van der Waals surface area (Å²) in [5.74, 6) is 1.10. The Labute approximate surface area is 145 Å². The molecule has 1 aromatic heterocycles. The summed E-state index contributed by atoms with van der Waals surface area (Å²) in [5, 5.41) is 2.72. The molecule has 0 aliphatic carbocycles. The Kier molecular flexibility index (Phi) is 6.72. The zero-order chi connectivity index (χ0) is 15.9. The van der Waals surface area contributed by atoms with Crippen LogP contribution in [0.2, 0.25) is 0 Å². The molecule has 1 amide bonds. The lowest BCUT2D eigenvalue weighted by atomic mass is 10.2. The van der Waals surface area contributed by atoms with Gasteiger partial charge in [-0.2, -0.15) is 11.8 Å². The molecule has 2 aromatic rings. The van der Waals surface area contributed by atoms with E-state index in [2.05, 4.69) is 27.3 Å². The molecule has 0 bridgehead atoms. The van der Waals surface area contributed by atoms with Gasteiger partial charge in [0.1, 0.15) is 11.6 Å². The molecule has 1 heterocycles. The summed E-state index contributed by atoms with van der Waals surface area (Å²) in [6, 6.07) is 8.31. The Morgan fingerprint density at radius 2 is 2.23 bits per heavy atom. The fourth-order valence-corrected chi connectivity index (χ4v) is 4.19. The second-order valence-electron chi connectivity index (χ2n) is 4.36. The average molecular weight is 404 g/mol. The van der Waals surface area contributed by atoms with Gasteiger partial charge in [-0.1, -0.05) is 0 Å². The van der Waals surface area contributed by atoms with E-state index in [1.54, 1.807) is 29.2 Å². The number of nitrogens with one attached hydrogen (secondary N) is 1. The van der Waals surface area contributed by atoms with Gasteiger partial charge in [0.25, 0.3) is 5.91 Å². The smallest absolute Gasteiger partial charge is 0.254 e. The van der Waals surface area contributed by atoms with E-state index in [4.69, 9.17) is 4.74 Å². The van der Waals surface area contributed by atoms with Gasteiger partial charge in [0.15, 0.2) is 0 Å². The number of carbonyl (C=O) groups excluding carboxylic acids is 1. The minimum atomic E-state index is -0.576. The molecule has 0 saturated carbocycles. The molecule has 0 fully saturated rings. The third-order valence-corrected chi connectivity index (χ3v) is 5.64. The number of methoxy groups -OCH3 is 1. The van der Waals surface area contributed by atoms with E-state index in [1.807, 2.05) is 6.07 Å². The first kappa shape index (κ1) is 17.3. The number of carbonyl (C=O) groups is 1. The predicted octanol–water partition coefficient (Wildman–Crippen LogP) is 4.32. The first-order valence-corrected chi connectivity index (χ1v) is 9.30. The molecule has 0 aliphatic heterocycles. The predicted molar refractivity (Wildman–Crippen MR) is 93.5 cm³/mol. The van der Waals surface area contributed by atoms with Gasteiger partial charge in [-0.05, 0) is 40.2 Å². The number of rotatable bonds is 7. The second kappa shape index (κ2) is 8.55. The normalized spacial score (nSPS) is 10.5. The monoisotopic (exact) mass is 403 g/mol. The Morgan fingerprint density at radius 3 is 2.86 bits per heavy atom. The van der Waals surface area contributed by atoms with Gasteiger partial charge in [0.2, 0.25) is 0 Å². The van der Waals surface area contributed by atoms with Crippen molar-refractivity contribution in [1.82, 2.24) is 5.32 Å². The van der Waals surface area contributed by atoms with Crippen LogP contribution in [0.25, 0.3) is 0 Å². The molecule has 1 N–H and O–H groups in total. The first-order chi connectivity index (χ1) is 10.6. The van der Waals surface area contributed by atoms with Crippen molar-refractivity contribution in [2.45, 2.75) is 5.75 Å². The zero-order valence-electron chi connectivity index (χ0n) is 11.9. The van der Waals surface area contributed by atoms with Gasteiger partial charge in [-0.15, -0.1) is 11.3 Å². The molecule has 0 atom stereocenters. The zero-order valence-corrected chi connectivity index (χ0v) is 15.1. The van der Waals surface area contributed by atoms with E-state index in [1.165, 1.54) is 24.1 Å². The molecule has 22 heavy (non-hydrogen) atoms. The van der Waals surface area contributed by atoms with Crippen LogP contribution in [0.4, 0.5) is 4.39 Å². The second-order valence-corrected chi connectivity index (χ2v) is 8.01. The maximum Gasteiger partial charge on any atom is 0.254 e. The van der Waals surface area contributed by atoms with Crippen molar-refractivity contribution in [1.29, 1.82) is 0 Å². The van der Waals surface area contributed by atoms with Crippen LogP contribution in [0.15, 0.2) is 34.1 Å². The van der Waals surface area contributed by atoms with Crippen molar-refractivity contribution in [3.8, 4) is 5.75 Å². The molecule has 118 valence electrons. The third-order valence-electron chi connectivity index (χ3n) is 2.83. The highest BCUT2D eigenvalue weighted by molar-refractivity contribution is 9.11. The van der Waals surface area contributed by atoms with Crippen molar-refractivity contribution in [3.05, 3.63) is 50.4 Å². The van der Waals surface area contributed by atoms with Crippen LogP contribution in [0.1, 0.15) is 15.2 Å². The molecular weight excluding hydrogens is 389 g/mol. The Bertz CT molecular complexity index is 648. The standard InChI is InChI=1S/C15H15BrFNO2S2/c1-20-10-2-4-12(13(17)8-10)15(19)18-6-7-21-9-11-3-5-14(16)22-11/h2-5,8H,6-7,9H2,1H3,(H,18,19). The number of ether oxygens (including phenoxy) is 1. The van der Waals surface area contributed by atoms with E-state index < -0.39 is 11.7 Å². The number of hydrogen-bond donors (Lipinski definition) is 1. The highest BCUT2D eigenvalue weighted by atomic mass is 79.9. The molecule has 0 radical (unpaired) electrons. The van der Waals surface area contributed by atoms with Crippen LogP contribution in [-0.4, -0.2) is 25.3 Å². The summed E-state index contributed by atoms with van der Waals surface area (Å²) in [7, 11) is 1.46. The number of amides is 1. The number of thiophene rings is 1. The van der Waals surface area contributed by atoms with Crippen LogP contribution >= 0.6 is 39.0 Å². The van der Waals surface area contributed by atoms with Gasteiger partial charge < -0.3 is 10.1 Å². The highest BCUT2D eigenvalue weighted by Crippen LogP contribution is 2.25. The number of halogens is 2. The van der Waals surface area contributed by atoms with E-state index in [-0.39, 0.29) is 5.56 Å². The van der Waals surface area contributed by atoms with Crippen molar-refractivity contribution < 1.29 is 13.9 Å². The van der Waals surface area contributed by atoms with Gasteiger partial charge in [-0.3, -0.25) is 4.79 Å². The summed E-state index contributed by atoms with van der Waals surface area (Å²) in [5.41, 5.74) is 0.0352. The Morgan fingerprint density at radius 1 is 1.41 bits per heavy atom. The Hall–Kier alpha value is -1.05. The maximum atomic E-state index is 13.7. The summed E-state index contributed by atoms with van der Waals surface area (Å²) in [6.07, 6.45) is 0. The van der Waals surface area contributed by atoms with E-state index in [9.17, 15) is 9.18 Å². The summed E-state index contributed by atoms with van der Waals surface area (Å²) < 4.78 is 19.8. The summed E-state index contributed by atoms with van der Waals surface area (Å²) in [4.78, 5) is 13.2. The van der Waals surface area contributed by atoms with Crippen LogP contribution in [0, 0.1) is 5.82 Å². The SMILES string of the molecule is COc1ccc(C(=O)NCCSCc2ccc(Br)s2)c(F)c1. The van der Waals surface area contributed by atoms with Crippen LogP contribution < -0.4 is 10.1 Å². The maximum absolute atomic E-state index is 13.7. The first-order valence-electron chi connectivity index (χ1n) is 6.54. The van der Waals surface area contributed by atoms with E-state index in [0.717, 1.165) is 15.3 Å². The molecule has 2 rings (SSSR count). The van der Waals surface area contributed by atoms with Crippen LogP contribution in [0.5, 0.6) is 5.75 Å². The number of benzene rings is 1. The lowest BCUT2D eigenvalue weighted by molar-refractivity contribution is 0.0952. The minimum absolute atomic E-state index is 0.0352. The summed E-state index contributed by atoms with van der Waals surface area (Å²) in [6.45, 7) is 0.502. The number of hydrogen-bond acceptors (Lipinski definition) is 4. The van der Waals surface area contributed by atoms with Crippen molar-refractivity contribution >= 4 is 44.9 Å². The molecule has 0 spiro atoms.